The standard InChI is InChI=1S/C13H17BrN2/c1-9(2)10(3)8-16-13-6-4-5-12(14)11(13)7-15/h4-6,9-10,16H,8H2,1-3H3. The first-order valence-electron chi connectivity index (χ1n) is 5.48. The predicted molar refractivity (Wildman–Crippen MR) is 71.3 cm³/mol. The molecule has 1 rings (SSSR count). The van der Waals surface area contributed by atoms with Gasteiger partial charge in [-0.3, -0.25) is 0 Å². The van der Waals surface area contributed by atoms with Gasteiger partial charge < -0.3 is 5.32 Å². The smallest absolute Gasteiger partial charge is 0.103 e. The van der Waals surface area contributed by atoms with Gasteiger partial charge >= 0.3 is 0 Å². The molecule has 0 bridgehead atoms. The molecule has 16 heavy (non-hydrogen) atoms. The summed E-state index contributed by atoms with van der Waals surface area (Å²) in [6.45, 7) is 7.52. The summed E-state index contributed by atoms with van der Waals surface area (Å²) in [5, 5.41) is 12.4. The number of nitrogens with one attached hydrogen (secondary N) is 1. The van der Waals surface area contributed by atoms with Crippen LogP contribution in [0, 0.1) is 23.2 Å². The Kier molecular flexibility index (Phi) is 4.82. The van der Waals surface area contributed by atoms with E-state index in [2.05, 4.69) is 48.1 Å². The average molecular weight is 281 g/mol. The van der Waals surface area contributed by atoms with Gasteiger partial charge in [0.2, 0.25) is 0 Å². The summed E-state index contributed by atoms with van der Waals surface area (Å²) < 4.78 is 0.845. The highest BCUT2D eigenvalue weighted by molar-refractivity contribution is 9.10. The van der Waals surface area contributed by atoms with Crippen molar-refractivity contribution in [3.8, 4) is 6.07 Å². The van der Waals surface area contributed by atoms with E-state index in [0.717, 1.165) is 16.7 Å². The van der Waals surface area contributed by atoms with E-state index >= 15 is 0 Å². The lowest BCUT2D eigenvalue weighted by atomic mass is 9.98. The molecule has 1 unspecified atom stereocenters. The van der Waals surface area contributed by atoms with Gasteiger partial charge in [-0.2, -0.15) is 5.26 Å². The second-order valence-corrected chi connectivity index (χ2v) is 5.23. The lowest BCUT2D eigenvalue weighted by molar-refractivity contribution is 0.440. The van der Waals surface area contributed by atoms with Crippen LogP contribution in [-0.4, -0.2) is 6.54 Å². The summed E-state index contributed by atoms with van der Waals surface area (Å²) in [7, 11) is 0. The zero-order valence-electron chi connectivity index (χ0n) is 9.92. The van der Waals surface area contributed by atoms with Crippen LogP contribution in [0.4, 0.5) is 5.69 Å². The lowest BCUT2D eigenvalue weighted by Gasteiger charge is -2.17. The van der Waals surface area contributed by atoms with E-state index in [-0.39, 0.29) is 0 Å². The Morgan fingerprint density at radius 3 is 2.62 bits per heavy atom. The Morgan fingerprint density at radius 1 is 1.38 bits per heavy atom. The molecule has 0 amide bonds. The van der Waals surface area contributed by atoms with Crippen molar-refractivity contribution in [3.05, 3.63) is 28.2 Å². The van der Waals surface area contributed by atoms with Gasteiger partial charge in [0.05, 0.1) is 11.3 Å². The van der Waals surface area contributed by atoms with Gasteiger partial charge in [-0.25, -0.2) is 0 Å². The molecular weight excluding hydrogens is 264 g/mol. The first-order chi connectivity index (χ1) is 7.56. The van der Waals surface area contributed by atoms with Crippen molar-refractivity contribution in [2.75, 3.05) is 11.9 Å². The highest BCUT2D eigenvalue weighted by atomic mass is 79.9. The van der Waals surface area contributed by atoms with Gasteiger partial charge in [0.1, 0.15) is 6.07 Å². The maximum atomic E-state index is 9.05. The molecule has 0 aromatic heterocycles. The second kappa shape index (κ2) is 5.91. The third kappa shape index (κ3) is 3.24. The van der Waals surface area contributed by atoms with Gasteiger partial charge in [0.15, 0.2) is 0 Å². The normalized spacial score (nSPS) is 12.2. The van der Waals surface area contributed by atoms with Crippen LogP contribution >= 0.6 is 15.9 Å². The fourth-order valence-electron chi connectivity index (χ4n) is 1.29. The molecule has 0 aliphatic heterocycles. The minimum atomic E-state index is 0.588. The van der Waals surface area contributed by atoms with Crippen molar-refractivity contribution in [2.45, 2.75) is 20.8 Å². The third-order valence-corrected chi connectivity index (χ3v) is 3.54. The van der Waals surface area contributed by atoms with Gasteiger partial charge in [0, 0.05) is 11.0 Å². The molecule has 1 atom stereocenters. The van der Waals surface area contributed by atoms with E-state index < -0.39 is 0 Å². The number of nitrogens with zero attached hydrogens (tertiary/aromatic N) is 1. The van der Waals surface area contributed by atoms with Gasteiger partial charge in [-0.05, 0) is 39.9 Å². The van der Waals surface area contributed by atoms with Crippen molar-refractivity contribution in [1.82, 2.24) is 0 Å². The molecule has 0 fully saturated rings. The Bertz CT molecular complexity index is 393. The van der Waals surface area contributed by atoms with Crippen molar-refractivity contribution in [2.24, 2.45) is 11.8 Å². The lowest BCUT2D eigenvalue weighted by Crippen LogP contribution is -2.16. The van der Waals surface area contributed by atoms with E-state index in [4.69, 9.17) is 5.26 Å². The Hall–Kier alpha value is -1.01. The molecule has 0 aliphatic rings. The molecule has 3 heteroatoms. The number of rotatable bonds is 4. The number of nitriles is 1. The van der Waals surface area contributed by atoms with Crippen LogP contribution < -0.4 is 5.32 Å². The minimum absolute atomic E-state index is 0.588. The molecule has 0 saturated heterocycles. The molecule has 86 valence electrons. The zero-order chi connectivity index (χ0) is 12.1. The van der Waals surface area contributed by atoms with Crippen LogP contribution in [0.15, 0.2) is 22.7 Å². The first-order valence-corrected chi connectivity index (χ1v) is 6.28. The Morgan fingerprint density at radius 2 is 2.06 bits per heavy atom. The molecule has 1 aromatic rings. The summed E-state index contributed by atoms with van der Waals surface area (Å²) in [6.07, 6.45) is 0. The molecule has 1 N–H and O–H groups in total. The SMILES string of the molecule is CC(C)C(C)CNc1cccc(Br)c1C#N. The molecule has 2 nitrogen and oxygen atoms in total. The maximum absolute atomic E-state index is 9.05. The highest BCUT2D eigenvalue weighted by Crippen LogP contribution is 2.24. The Labute approximate surface area is 106 Å². The van der Waals surface area contributed by atoms with Crippen LogP contribution in [0.5, 0.6) is 0 Å². The molecule has 0 heterocycles. The van der Waals surface area contributed by atoms with E-state index in [1.165, 1.54) is 0 Å². The molecule has 0 radical (unpaired) electrons. The quantitative estimate of drug-likeness (QED) is 0.904. The largest absolute Gasteiger partial charge is 0.384 e. The highest BCUT2D eigenvalue weighted by Gasteiger charge is 2.09. The summed E-state index contributed by atoms with van der Waals surface area (Å²) in [5.74, 6) is 1.23. The van der Waals surface area contributed by atoms with Crippen LogP contribution in [0.2, 0.25) is 0 Å². The number of benzene rings is 1. The van der Waals surface area contributed by atoms with Crippen molar-refractivity contribution < 1.29 is 0 Å². The third-order valence-electron chi connectivity index (χ3n) is 2.88. The van der Waals surface area contributed by atoms with Crippen LogP contribution in [0.25, 0.3) is 0 Å². The molecule has 0 aliphatic carbocycles. The number of halogens is 1. The van der Waals surface area contributed by atoms with Gasteiger partial charge in [0.25, 0.3) is 0 Å². The van der Waals surface area contributed by atoms with Crippen LogP contribution in [0.1, 0.15) is 26.3 Å². The maximum Gasteiger partial charge on any atom is 0.103 e. The van der Waals surface area contributed by atoms with Gasteiger partial charge in [-0.1, -0.05) is 26.8 Å². The van der Waals surface area contributed by atoms with Gasteiger partial charge in [-0.15, -0.1) is 0 Å². The van der Waals surface area contributed by atoms with Crippen LogP contribution in [0.3, 0.4) is 0 Å². The summed E-state index contributed by atoms with van der Waals surface area (Å²) >= 11 is 3.38. The molecule has 0 spiro atoms. The van der Waals surface area contributed by atoms with E-state index in [1.54, 1.807) is 0 Å². The molecular formula is C13H17BrN2. The van der Waals surface area contributed by atoms with Crippen LogP contribution in [-0.2, 0) is 0 Å². The number of hydrogen-bond acceptors (Lipinski definition) is 2. The fraction of sp³-hybridized carbons (Fsp3) is 0.462. The molecule has 0 saturated carbocycles. The van der Waals surface area contributed by atoms with Crippen molar-refractivity contribution in [1.29, 1.82) is 5.26 Å². The zero-order valence-corrected chi connectivity index (χ0v) is 11.5. The second-order valence-electron chi connectivity index (χ2n) is 4.38. The first kappa shape index (κ1) is 13.1. The predicted octanol–water partition coefficient (Wildman–Crippen LogP) is 4.02. The average Bonchev–Trinajstić information content (AvgIpc) is 2.25. The minimum Gasteiger partial charge on any atom is -0.384 e. The fourth-order valence-corrected chi connectivity index (χ4v) is 1.75. The summed E-state index contributed by atoms with van der Waals surface area (Å²) in [6, 6.07) is 7.97. The monoisotopic (exact) mass is 280 g/mol. The summed E-state index contributed by atoms with van der Waals surface area (Å²) in [5.41, 5.74) is 1.59. The topological polar surface area (TPSA) is 35.8 Å². The summed E-state index contributed by atoms with van der Waals surface area (Å²) in [4.78, 5) is 0. The van der Waals surface area contributed by atoms with Crippen molar-refractivity contribution >= 4 is 21.6 Å². The number of anilines is 1. The molecule has 1 aromatic carbocycles. The van der Waals surface area contributed by atoms with E-state index in [1.807, 2.05) is 18.2 Å². The van der Waals surface area contributed by atoms with E-state index in [9.17, 15) is 0 Å². The number of hydrogen-bond donors (Lipinski definition) is 1. The van der Waals surface area contributed by atoms with Crippen molar-refractivity contribution in [3.63, 3.8) is 0 Å². The van der Waals surface area contributed by atoms with E-state index in [0.29, 0.717) is 17.4 Å². The Balaban J connectivity index is 2.75.